The Morgan fingerprint density at radius 3 is 2.79 bits per heavy atom. The van der Waals surface area contributed by atoms with Crippen LogP contribution in [0.3, 0.4) is 0 Å². The first-order valence-electron chi connectivity index (χ1n) is 8.19. The zero-order valence-corrected chi connectivity index (χ0v) is 15.4. The van der Waals surface area contributed by atoms with Gasteiger partial charge < -0.3 is 15.0 Å². The summed E-state index contributed by atoms with van der Waals surface area (Å²) >= 11 is 5.99. The number of carbonyl (C=O) groups excluding carboxylic acids is 2. The second-order valence-corrected chi connectivity index (χ2v) is 6.57. The van der Waals surface area contributed by atoms with E-state index in [1.165, 1.54) is 12.0 Å². The summed E-state index contributed by atoms with van der Waals surface area (Å²) in [6.07, 6.45) is -0.0992. The number of methoxy groups -OCH3 is 1. The molecule has 10 heteroatoms. The Kier molecular flexibility index (Phi) is 5.46. The van der Waals surface area contributed by atoms with Crippen molar-refractivity contribution in [3.05, 3.63) is 57.4 Å². The number of rotatable bonds is 5. The van der Waals surface area contributed by atoms with Crippen molar-refractivity contribution in [2.24, 2.45) is 5.92 Å². The van der Waals surface area contributed by atoms with Crippen molar-refractivity contribution in [1.82, 2.24) is 0 Å². The molecule has 1 unspecified atom stereocenters. The van der Waals surface area contributed by atoms with E-state index in [-0.39, 0.29) is 30.2 Å². The van der Waals surface area contributed by atoms with Gasteiger partial charge in [0, 0.05) is 30.1 Å². The number of halogens is 2. The molecule has 2 aromatic carbocycles. The normalized spacial score (nSPS) is 16.2. The Hall–Kier alpha value is -3.20. The van der Waals surface area contributed by atoms with Gasteiger partial charge in [-0.25, -0.2) is 4.39 Å². The Morgan fingerprint density at radius 1 is 1.36 bits per heavy atom. The second kappa shape index (κ2) is 7.81. The third-order valence-corrected chi connectivity index (χ3v) is 4.58. The monoisotopic (exact) mass is 407 g/mol. The lowest BCUT2D eigenvalue weighted by Crippen LogP contribution is -2.28. The van der Waals surface area contributed by atoms with Crippen molar-refractivity contribution in [1.29, 1.82) is 0 Å². The van der Waals surface area contributed by atoms with Crippen LogP contribution in [0.15, 0.2) is 36.4 Å². The number of non-ortho nitro benzene ring substituents is 1. The molecule has 0 aromatic heterocycles. The largest absolute Gasteiger partial charge is 0.495 e. The fourth-order valence-corrected chi connectivity index (χ4v) is 3.11. The van der Waals surface area contributed by atoms with E-state index in [4.69, 9.17) is 16.3 Å². The number of carbonyl (C=O) groups is 2. The quantitative estimate of drug-likeness (QED) is 0.604. The zero-order chi connectivity index (χ0) is 20.4. The molecule has 0 saturated carbocycles. The standard InChI is InChI=1S/C18H15ClFN3O5/c1-28-16-5-2-11(19)7-15(16)22-9-10(6-17(22)24)18(25)21-14-8-12(23(26)27)3-4-13(14)20/h2-5,7-8,10H,6,9H2,1H3,(H,21,25). The van der Waals surface area contributed by atoms with Crippen molar-refractivity contribution in [2.45, 2.75) is 6.42 Å². The molecular weight excluding hydrogens is 393 g/mol. The van der Waals surface area contributed by atoms with E-state index >= 15 is 0 Å². The van der Waals surface area contributed by atoms with E-state index in [0.29, 0.717) is 16.5 Å². The predicted octanol–water partition coefficient (Wildman–Crippen LogP) is 3.39. The van der Waals surface area contributed by atoms with Crippen LogP contribution in [-0.4, -0.2) is 30.4 Å². The van der Waals surface area contributed by atoms with Crippen LogP contribution >= 0.6 is 11.6 Å². The number of ether oxygens (including phenoxy) is 1. The summed E-state index contributed by atoms with van der Waals surface area (Å²) in [4.78, 5) is 36.4. The predicted molar refractivity (Wildman–Crippen MR) is 100 cm³/mol. The number of nitro benzene ring substituents is 1. The third kappa shape index (κ3) is 3.89. The lowest BCUT2D eigenvalue weighted by atomic mass is 10.1. The fourth-order valence-electron chi connectivity index (χ4n) is 2.95. The average molecular weight is 408 g/mol. The van der Waals surface area contributed by atoms with Crippen molar-refractivity contribution in [3.8, 4) is 5.75 Å². The number of hydrogen-bond acceptors (Lipinski definition) is 5. The van der Waals surface area contributed by atoms with Gasteiger partial charge >= 0.3 is 0 Å². The summed E-state index contributed by atoms with van der Waals surface area (Å²) < 4.78 is 19.1. The van der Waals surface area contributed by atoms with Gasteiger partial charge in [0.05, 0.1) is 29.3 Å². The van der Waals surface area contributed by atoms with Gasteiger partial charge in [-0.05, 0) is 24.3 Å². The van der Waals surface area contributed by atoms with Crippen molar-refractivity contribution in [3.63, 3.8) is 0 Å². The molecular formula is C18H15ClFN3O5. The molecule has 0 spiro atoms. The van der Waals surface area contributed by atoms with Crippen LogP contribution in [0.5, 0.6) is 5.75 Å². The van der Waals surface area contributed by atoms with Crippen LogP contribution in [0, 0.1) is 21.8 Å². The maximum Gasteiger partial charge on any atom is 0.271 e. The topological polar surface area (TPSA) is 102 Å². The van der Waals surface area contributed by atoms with Gasteiger partial charge in [0.25, 0.3) is 5.69 Å². The minimum absolute atomic E-state index is 0.0396. The van der Waals surface area contributed by atoms with Gasteiger partial charge in [0.2, 0.25) is 11.8 Å². The van der Waals surface area contributed by atoms with E-state index in [2.05, 4.69) is 5.32 Å². The van der Waals surface area contributed by atoms with Crippen LogP contribution in [0.1, 0.15) is 6.42 Å². The molecule has 1 saturated heterocycles. The van der Waals surface area contributed by atoms with Gasteiger partial charge in [0.1, 0.15) is 11.6 Å². The molecule has 1 aliphatic rings. The summed E-state index contributed by atoms with van der Waals surface area (Å²) in [7, 11) is 1.45. The van der Waals surface area contributed by atoms with Gasteiger partial charge in [-0.15, -0.1) is 0 Å². The first-order chi connectivity index (χ1) is 13.3. The number of nitrogens with one attached hydrogen (secondary N) is 1. The summed E-state index contributed by atoms with van der Waals surface area (Å²) in [6.45, 7) is 0.0396. The van der Waals surface area contributed by atoms with Crippen LogP contribution in [-0.2, 0) is 9.59 Å². The van der Waals surface area contributed by atoms with E-state index < -0.39 is 22.6 Å². The lowest BCUT2D eigenvalue weighted by Gasteiger charge is -2.20. The molecule has 8 nitrogen and oxygen atoms in total. The number of benzene rings is 2. The van der Waals surface area contributed by atoms with E-state index in [1.54, 1.807) is 18.2 Å². The highest BCUT2D eigenvalue weighted by Crippen LogP contribution is 2.35. The summed E-state index contributed by atoms with van der Waals surface area (Å²) in [5, 5.41) is 13.6. The van der Waals surface area contributed by atoms with Crippen molar-refractivity contribution < 1.29 is 23.6 Å². The van der Waals surface area contributed by atoms with Crippen LogP contribution in [0.2, 0.25) is 5.02 Å². The smallest absolute Gasteiger partial charge is 0.271 e. The van der Waals surface area contributed by atoms with E-state index in [0.717, 1.165) is 18.2 Å². The summed E-state index contributed by atoms with van der Waals surface area (Å²) in [6, 6.07) is 7.60. The van der Waals surface area contributed by atoms with E-state index in [1.807, 2.05) is 0 Å². The maximum absolute atomic E-state index is 13.9. The van der Waals surface area contributed by atoms with Crippen molar-refractivity contribution in [2.75, 3.05) is 23.9 Å². The Morgan fingerprint density at radius 2 is 2.11 bits per heavy atom. The molecule has 1 atom stereocenters. The van der Waals surface area contributed by atoms with Gasteiger partial charge in [-0.2, -0.15) is 0 Å². The molecule has 0 bridgehead atoms. The van der Waals surface area contributed by atoms with Gasteiger partial charge in [-0.3, -0.25) is 19.7 Å². The average Bonchev–Trinajstić information content (AvgIpc) is 3.05. The number of anilines is 2. The minimum atomic E-state index is -0.809. The first kappa shape index (κ1) is 19.6. The molecule has 146 valence electrons. The highest BCUT2D eigenvalue weighted by atomic mass is 35.5. The van der Waals surface area contributed by atoms with Crippen LogP contribution in [0.25, 0.3) is 0 Å². The van der Waals surface area contributed by atoms with Crippen molar-refractivity contribution >= 4 is 40.5 Å². The molecule has 2 aromatic rings. The number of nitro groups is 1. The second-order valence-electron chi connectivity index (χ2n) is 6.13. The Balaban J connectivity index is 1.79. The van der Waals surface area contributed by atoms with Gasteiger partial charge in [0.15, 0.2) is 0 Å². The Labute approximate surface area is 164 Å². The number of hydrogen-bond donors (Lipinski definition) is 1. The first-order valence-corrected chi connectivity index (χ1v) is 8.56. The SMILES string of the molecule is COc1ccc(Cl)cc1N1CC(C(=O)Nc2cc([N+](=O)[O-])ccc2F)CC1=O. The summed E-state index contributed by atoms with van der Waals surface area (Å²) in [5.41, 5.74) is -0.244. The molecule has 1 aliphatic heterocycles. The summed E-state index contributed by atoms with van der Waals surface area (Å²) in [5.74, 6) is -2.09. The van der Waals surface area contributed by atoms with Crippen LogP contribution in [0.4, 0.5) is 21.5 Å². The fraction of sp³-hybridized carbons (Fsp3) is 0.222. The molecule has 0 aliphatic carbocycles. The number of amides is 2. The Bertz CT molecular complexity index is 968. The molecule has 0 radical (unpaired) electrons. The molecule has 1 heterocycles. The molecule has 1 N–H and O–H groups in total. The third-order valence-electron chi connectivity index (χ3n) is 4.35. The molecule has 28 heavy (non-hydrogen) atoms. The zero-order valence-electron chi connectivity index (χ0n) is 14.6. The number of nitrogens with zero attached hydrogens (tertiary/aromatic N) is 2. The van der Waals surface area contributed by atoms with E-state index in [9.17, 15) is 24.1 Å². The minimum Gasteiger partial charge on any atom is -0.495 e. The molecule has 3 rings (SSSR count). The molecule has 2 amide bonds. The lowest BCUT2D eigenvalue weighted by molar-refractivity contribution is -0.384. The van der Waals surface area contributed by atoms with Gasteiger partial charge in [-0.1, -0.05) is 11.6 Å². The highest BCUT2D eigenvalue weighted by Gasteiger charge is 2.36. The molecule has 1 fully saturated rings. The highest BCUT2D eigenvalue weighted by molar-refractivity contribution is 6.31. The van der Waals surface area contributed by atoms with Crippen LogP contribution < -0.4 is 15.0 Å². The maximum atomic E-state index is 13.9.